The maximum Gasteiger partial charge on any atom is 0.0410 e. The quantitative estimate of drug-likeness (QED) is 0.926. The van der Waals surface area contributed by atoms with E-state index in [-0.39, 0.29) is 0 Å². The third kappa shape index (κ3) is 3.18. The molecule has 1 aliphatic carbocycles. The van der Waals surface area contributed by atoms with Crippen LogP contribution in [0.3, 0.4) is 0 Å². The summed E-state index contributed by atoms with van der Waals surface area (Å²) in [6, 6.07) is 2.83. The lowest BCUT2D eigenvalue weighted by molar-refractivity contribution is 0.125. The first-order chi connectivity index (χ1) is 9.34. The summed E-state index contributed by atoms with van der Waals surface area (Å²) in [6.45, 7) is 4.55. The highest BCUT2D eigenvalue weighted by Crippen LogP contribution is 2.39. The van der Waals surface area contributed by atoms with E-state index in [4.69, 9.17) is 0 Å². The predicted octanol–water partition coefficient (Wildman–Crippen LogP) is 2.98. The summed E-state index contributed by atoms with van der Waals surface area (Å²) >= 11 is 3.57. The Hall–Kier alpha value is -0.450. The first kappa shape index (κ1) is 13.5. The molecule has 0 unspecified atom stereocenters. The Labute approximate surface area is 123 Å². The van der Waals surface area contributed by atoms with Gasteiger partial charge in [0.15, 0.2) is 0 Å². The van der Waals surface area contributed by atoms with Gasteiger partial charge in [-0.2, -0.15) is 0 Å². The van der Waals surface area contributed by atoms with E-state index < -0.39 is 0 Å². The van der Waals surface area contributed by atoms with Crippen LogP contribution in [0.1, 0.15) is 37.3 Å². The fourth-order valence-electron chi connectivity index (χ4n) is 3.60. The third-order valence-electron chi connectivity index (χ3n) is 4.46. The Kier molecular flexibility index (Phi) is 4.51. The van der Waals surface area contributed by atoms with Gasteiger partial charge in [-0.25, -0.2) is 0 Å². The summed E-state index contributed by atoms with van der Waals surface area (Å²) in [5, 5.41) is 3.46. The highest BCUT2D eigenvalue weighted by atomic mass is 79.9. The molecular formula is C15H22BrN3. The number of hydrogen-bond acceptors (Lipinski definition) is 3. The van der Waals surface area contributed by atoms with Crippen molar-refractivity contribution in [3.63, 3.8) is 0 Å². The van der Waals surface area contributed by atoms with Crippen molar-refractivity contribution in [3.05, 3.63) is 28.5 Å². The first-order valence-electron chi connectivity index (χ1n) is 7.40. The third-order valence-corrected chi connectivity index (χ3v) is 4.89. The molecular weight excluding hydrogens is 302 g/mol. The molecule has 2 heterocycles. The molecule has 104 valence electrons. The molecule has 0 spiro atoms. The van der Waals surface area contributed by atoms with Gasteiger partial charge in [0.05, 0.1) is 0 Å². The molecule has 0 amide bonds. The summed E-state index contributed by atoms with van der Waals surface area (Å²) in [5.74, 6) is 0.814. The topological polar surface area (TPSA) is 28.2 Å². The van der Waals surface area contributed by atoms with Gasteiger partial charge >= 0.3 is 0 Å². The monoisotopic (exact) mass is 323 g/mol. The normalized spacial score (nSPS) is 23.6. The molecule has 0 bridgehead atoms. The molecule has 0 aromatic carbocycles. The minimum atomic E-state index is 0.564. The molecule has 1 N–H and O–H groups in total. The lowest BCUT2D eigenvalue weighted by Gasteiger charge is -2.38. The van der Waals surface area contributed by atoms with Crippen LogP contribution in [0.4, 0.5) is 0 Å². The zero-order chi connectivity index (χ0) is 13.1. The molecule has 3 nitrogen and oxygen atoms in total. The van der Waals surface area contributed by atoms with Crippen molar-refractivity contribution < 1.29 is 0 Å². The smallest absolute Gasteiger partial charge is 0.0410 e. The second-order valence-corrected chi connectivity index (χ2v) is 6.63. The van der Waals surface area contributed by atoms with Crippen molar-refractivity contribution in [3.8, 4) is 0 Å². The Morgan fingerprint density at radius 2 is 1.95 bits per heavy atom. The van der Waals surface area contributed by atoms with Crippen LogP contribution in [0, 0.1) is 5.92 Å². The summed E-state index contributed by atoms with van der Waals surface area (Å²) in [5.41, 5.74) is 1.39. The van der Waals surface area contributed by atoms with Crippen molar-refractivity contribution in [1.29, 1.82) is 0 Å². The Morgan fingerprint density at radius 3 is 2.63 bits per heavy atom. The number of nitrogens with zero attached hydrogens (tertiary/aromatic N) is 2. The molecule has 0 radical (unpaired) electrons. The second kappa shape index (κ2) is 6.33. The van der Waals surface area contributed by atoms with Gasteiger partial charge in [-0.1, -0.05) is 12.8 Å². The molecule has 2 fully saturated rings. The zero-order valence-electron chi connectivity index (χ0n) is 11.3. The van der Waals surface area contributed by atoms with Gasteiger partial charge < -0.3 is 5.32 Å². The van der Waals surface area contributed by atoms with Crippen LogP contribution >= 0.6 is 15.9 Å². The number of nitrogens with one attached hydrogen (secondary N) is 1. The lowest BCUT2D eigenvalue weighted by Crippen LogP contribution is -2.46. The van der Waals surface area contributed by atoms with E-state index in [9.17, 15) is 0 Å². The molecule has 3 rings (SSSR count). The standard InChI is InChI=1S/C15H22BrN3/c16-14-9-13(10-18-11-14)15(12-3-1-2-4-12)19-7-5-17-6-8-19/h9-12,15,17H,1-8H2/t15-/m1/s1. The van der Waals surface area contributed by atoms with Crippen LogP contribution in [0.25, 0.3) is 0 Å². The van der Waals surface area contributed by atoms with Gasteiger partial charge in [0, 0.05) is 49.1 Å². The van der Waals surface area contributed by atoms with Crippen molar-refractivity contribution in [2.75, 3.05) is 26.2 Å². The molecule has 19 heavy (non-hydrogen) atoms. The maximum absolute atomic E-state index is 4.38. The molecule has 2 aliphatic rings. The van der Waals surface area contributed by atoms with Crippen molar-refractivity contribution in [1.82, 2.24) is 15.2 Å². The Morgan fingerprint density at radius 1 is 1.21 bits per heavy atom. The number of halogens is 1. The number of piperazine rings is 1. The molecule has 1 saturated carbocycles. The summed E-state index contributed by atoms with van der Waals surface area (Å²) < 4.78 is 1.10. The fourth-order valence-corrected chi connectivity index (χ4v) is 3.99. The van der Waals surface area contributed by atoms with Crippen molar-refractivity contribution in [2.24, 2.45) is 5.92 Å². The van der Waals surface area contributed by atoms with Crippen LogP contribution in [-0.2, 0) is 0 Å². The van der Waals surface area contributed by atoms with E-state index in [1.165, 1.54) is 31.2 Å². The summed E-state index contributed by atoms with van der Waals surface area (Å²) in [7, 11) is 0. The largest absolute Gasteiger partial charge is 0.314 e. The number of aromatic nitrogens is 1. The van der Waals surface area contributed by atoms with Crippen LogP contribution in [0.15, 0.2) is 22.9 Å². The summed E-state index contributed by atoms with van der Waals surface area (Å²) in [4.78, 5) is 7.04. The zero-order valence-corrected chi connectivity index (χ0v) is 12.9. The minimum absolute atomic E-state index is 0.564. The van der Waals surface area contributed by atoms with Gasteiger partial charge in [0.25, 0.3) is 0 Å². The van der Waals surface area contributed by atoms with E-state index in [0.717, 1.165) is 36.6 Å². The Bertz CT molecular complexity index is 412. The van der Waals surface area contributed by atoms with Gasteiger partial charge in [-0.15, -0.1) is 0 Å². The molecule has 1 saturated heterocycles. The average Bonchev–Trinajstić information content (AvgIpc) is 2.94. The number of hydrogen-bond donors (Lipinski definition) is 1. The van der Waals surface area contributed by atoms with Crippen molar-refractivity contribution in [2.45, 2.75) is 31.7 Å². The van der Waals surface area contributed by atoms with E-state index in [1.54, 1.807) is 0 Å². The molecule has 1 aliphatic heterocycles. The Balaban J connectivity index is 1.86. The minimum Gasteiger partial charge on any atom is -0.314 e. The lowest BCUT2D eigenvalue weighted by atomic mass is 9.90. The van der Waals surface area contributed by atoms with Gasteiger partial charge in [-0.3, -0.25) is 9.88 Å². The van der Waals surface area contributed by atoms with Crippen LogP contribution in [0.5, 0.6) is 0 Å². The molecule has 1 aromatic rings. The average molecular weight is 324 g/mol. The number of pyridine rings is 1. The SMILES string of the molecule is Brc1cncc([C@@H](C2CCCC2)N2CCNCC2)c1. The van der Waals surface area contributed by atoms with Crippen LogP contribution in [0.2, 0.25) is 0 Å². The first-order valence-corrected chi connectivity index (χ1v) is 8.19. The fraction of sp³-hybridized carbons (Fsp3) is 0.667. The number of rotatable bonds is 3. The summed E-state index contributed by atoms with van der Waals surface area (Å²) in [6.07, 6.45) is 9.49. The van der Waals surface area contributed by atoms with E-state index in [1.807, 2.05) is 6.20 Å². The molecule has 1 atom stereocenters. The second-order valence-electron chi connectivity index (χ2n) is 5.71. The van der Waals surface area contributed by atoms with E-state index in [2.05, 4.69) is 43.4 Å². The maximum atomic E-state index is 4.38. The molecule has 4 heteroatoms. The highest BCUT2D eigenvalue weighted by molar-refractivity contribution is 9.10. The van der Waals surface area contributed by atoms with Crippen molar-refractivity contribution >= 4 is 15.9 Å². The van der Waals surface area contributed by atoms with Gasteiger partial charge in [-0.05, 0) is 46.3 Å². The van der Waals surface area contributed by atoms with Crippen LogP contribution in [-0.4, -0.2) is 36.1 Å². The van der Waals surface area contributed by atoms with Gasteiger partial charge in [0.2, 0.25) is 0 Å². The van der Waals surface area contributed by atoms with Crippen LogP contribution < -0.4 is 5.32 Å². The highest BCUT2D eigenvalue weighted by Gasteiger charge is 2.32. The predicted molar refractivity (Wildman–Crippen MR) is 81.1 cm³/mol. The van der Waals surface area contributed by atoms with E-state index in [0.29, 0.717) is 6.04 Å². The molecule has 1 aromatic heterocycles. The van der Waals surface area contributed by atoms with Gasteiger partial charge in [0.1, 0.15) is 0 Å². The van der Waals surface area contributed by atoms with E-state index >= 15 is 0 Å².